The number of piperidine rings is 1. The van der Waals surface area contributed by atoms with E-state index in [0.29, 0.717) is 12.3 Å². The van der Waals surface area contributed by atoms with E-state index in [1.54, 1.807) is 12.1 Å². The Bertz CT molecular complexity index is 497. The summed E-state index contributed by atoms with van der Waals surface area (Å²) in [5, 5.41) is 29.9. The molecule has 0 spiro atoms. The van der Waals surface area contributed by atoms with Crippen LogP contribution < -0.4 is 4.74 Å². The van der Waals surface area contributed by atoms with Gasteiger partial charge in [0.25, 0.3) is 5.69 Å². The van der Waals surface area contributed by atoms with Crippen molar-refractivity contribution >= 4 is 5.69 Å². The number of hydrogen-bond donors (Lipinski definition) is 2. The van der Waals surface area contributed by atoms with E-state index in [-0.39, 0.29) is 24.8 Å². The van der Waals surface area contributed by atoms with Crippen molar-refractivity contribution in [3.05, 3.63) is 34.4 Å². The zero-order chi connectivity index (χ0) is 15.9. The maximum Gasteiger partial charge on any atom is 0.273 e. The maximum absolute atomic E-state index is 10.7. The number of ether oxygens (including phenoxy) is 1. The zero-order valence-corrected chi connectivity index (χ0v) is 12.4. The molecule has 0 amide bonds. The van der Waals surface area contributed by atoms with Crippen LogP contribution in [0.15, 0.2) is 24.3 Å². The first-order valence-corrected chi connectivity index (χ1v) is 7.47. The van der Waals surface area contributed by atoms with Gasteiger partial charge < -0.3 is 19.8 Å². The molecule has 0 radical (unpaired) electrons. The number of β-amino-alcohol motifs (C(OH)–C–C–N with tert-alkyl or cyclic N) is 1. The number of non-ortho nitro benzene ring substituents is 1. The van der Waals surface area contributed by atoms with E-state index in [1.807, 2.05) is 0 Å². The first-order valence-electron chi connectivity index (χ1n) is 7.47. The summed E-state index contributed by atoms with van der Waals surface area (Å²) >= 11 is 0. The summed E-state index contributed by atoms with van der Waals surface area (Å²) in [5.74, 6) is 0.652. The predicted molar refractivity (Wildman–Crippen MR) is 80.8 cm³/mol. The van der Waals surface area contributed by atoms with E-state index in [9.17, 15) is 20.3 Å². The highest BCUT2D eigenvalue weighted by atomic mass is 16.6. The molecule has 122 valence electrons. The monoisotopic (exact) mass is 310 g/mol. The topological polar surface area (TPSA) is 96.1 Å². The number of benzene rings is 1. The second-order valence-electron chi connectivity index (χ2n) is 5.67. The minimum atomic E-state index is -0.670. The molecule has 1 saturated heterocycles. The molecule has 0 aromatic heterocycles. The van der Waals surface area contributed by atoms with E-state index in [1.165, 1.54) is 12.1 Å². The molecule has 2 unspecified atom stereocenters. The molecule has 1 aliphatic rings. The van der Waals surface area contributed by atoms with Crippen molar-refractivity contribution in [1.29, 1.82) is 0 Å². The van der Waals surface area contributed by atoms with Crippen LogP contribution in [0.5, 0.6) is 5.75 Å². The Hall–Kier alpha value is -1.70. The third-order valence-electron chi connectivity index (χ3n) is 3.80. The van der Waals surface area contributed by atoms with E-state index in [2.05, 4.69) is 4.90 Å². The molecule has 0 saturated carbocycles. The van der Waals surface area contributed by atoms with Crippen molar-refractivity contribution in [3.8, 4) is 5.75 Å². The molecule has 7 nitrogen and oxygen atoms in total. The Kier molecular flexibility index (Phi) is 6.11. The number of likely N-dealkylation sites (tertiary alicyclic amines) is 1. The van der Waals surface area contributed by atoms with E-state index >= 15 is 0 Å². The molecule has 2 atom stereocenters. The number of rotatable bonds is 7. The van der Waals surface area contributed by atoms with Crippen molar-refractivity contribution in [3.63, 3.8) is 0 Å². The Morgan fingerprint density at radius 3 is 3.05 bits per heavy atom. The fourth-order valence-corrected chi connectivity index (χ4v) is 2.70. The highest BCUT2D eigenvalue weighted by Gasteiger charge is 2.21. The third-order valence-corrected chi connectivity index (χ3v) is 3.80. The third kappa shape index (κ3) is 4.94. The average molecular weight is 310 g/mol. The summed E-state index contributed by atoms with van der Waals surface area (Å²) in [6.45, 7) is 2.43. The molecule has 0 bridgehead atoms. The van der Waals surface area contributed by atoms with Gasteiger partial charge >= 0.3 is 0 Å². The molecule has 0 aliphatic carbocycles. The molecule has 1 aliphatic heterocycles. The molecule has 2 N–H and O–H groups in total. The second-order valence-corrected chi connectivity index (χ2v) is 5.67. The standard InChI is InChI=1S/C15H22N2O5/c18-10-12-3-2-6-16(8-12)9-14(19)11-22-15-5-1-4-13(7-15)17(20)21/h1,4-5,7,12,14,18-19H,2-3,6,8-11H2. The Morgan fingerprint density at radius 1 is 1.50 bits per heavy atom. The van der Waals surface area contributed by atoms with Crippen molar-refractivity contribution < 1.29 is 19.9 Å². The van der Waals surface area contributed by atoms with Gasteiger partial charge in [-0.25, -0.2) is 0 Å². The van der Waals surface area contributed by atoms with Gasteiger partial charge in [-0.1, -0.05) is 6.07 Å². The van der Waals surface area contributed by atoms with E-state index in [0.717, 1.165) is 25.9 Å². The molecular formula is C15H22N2O5. The minimum absolute atomic E-state index is 0.0335. The first-order chi connectivity index (χ1) is 10.6. The molecule has 1 aromatic carbocycles. The van der Waals surface area contributed by atoms with Crippen LogP contribution in [0.25, 0.3) is 0 Å². The van der Waals surface area contributed by atoms with Crippen LogP contribution in [0.3, 0.4) is 0 Å². The Morgan fingerprint density at radius 2 is 2.32 bits per heavy atom. The van der Waals surface area contributed by atoms with Crippen molar-refractivity contribution in [2.75, 3.05) is 32.8 Å². The second kappa shape index (κ2) is 8.07. The van der Waals surface area contributed by atoms with Gasteiger partial charge in [0.15, 0.2) is 0 Å². The summed E-state index contributed by atoms with van der Waals surface area (Å²) in [5.41, 5.74) is -0.0335. The number of hydrogen-bond acceptors (Lipinski definition) is 6. The lowest BCUT2D eigenvalue weighted by Gasteiger charge is -2.32. The zero-order valence-electron chi connectivity index (χ0n) is 12.4. The summed E-state index contributed by atoms with van der Waals surface area (Å²) in [6, 6.07) is 5.92. The van der Waals surface area contributed by atoms with Gasteiger partial charge in [0.1, 0.15) is 18.5 Å². The average Bonchev–Trinajstić information content (AvgIpc) is 2.53. The van der Waals surface area contributed by atoms with Crippen LogP contribution in [-0.2, 0) is 0 Å². The SMILES string of the molecule is O=[N+]([O-])c1cccc(OCC(O)CN2CCCC(CO)C2)c1. The van der Waals surface area contributed by atoms with Gasteiger partial charge in [-0.05, 0) is 31.4 Å². The van der Waals surface area contributed by atoms with Gasteiger partial charge in [-0.3, -0.25) is 10.1 Å². The molecule has 22 heavy (non-hydrogen) atoms. The lowest BCUT2D eigenvalue weighted by Crippen LogP contribution is -2.42. The minimum Gasteiger partial charge on any atom is -0.491 e. The van der Waals surface area contributed by atoms with Crippen LogP contribution >= 0.6 is 0 Å². The van der Waals surface area contributed by atoms with Gasteiger partial charge in [-0.15, -0.1) is 0 Å². The fourth-order valence-electron chi connectivity index (χ4n) is 2.70. The summed E-state index contributed by atoms with van der Waals surface area (Å²) in [4.78, 5) is 12.3. The van der Waals surface area contributed by atoms with Crippen molar-refractivity contribution in [1.82, 2.24) is 4.90 Å². The van der Waals surface area contributed by atoms with Crippen LogP contribution in [0, 0.1) is 16.0 Å². The van der Waals surface area contributed by atoms with Gasteiger partial charge in [-0.2, -0.15) is 0 Å². The Balaban J connectivity index is 1.78. The smallest absolute Gasteiger partial charge is 0.273 e. The summed E-state index contributed by atoms with van der Waals surface area (Å²) < 4.78 is 5.42. The highest BCUT2D eigenvalue weighted by Crippen LogP contribution is 2.20. The molecule has 7 heteroatoms. The fraction of sp³-hybridized carbons (Fsp3) is 0.600. The number of nitro groups is 1. The largest absolute Gasteiger partial charge is 0.491 e. The van der Waals surface area contributed by atoms with Crippen LogP contribution in [-0.4, -0.2) is 59.0 Å². The van der Waals surface area contributed by atoms with E-state index in [4.69, 9.17) is 4.74 Å². The summed E-state index contributed by atoms with van der Waals surface area (Å²) in [6.07, 6.45) is 1.37. The maximum atomic E-state index is 10.7. The van der Waals surface area contributed by atoms with Crippen molar-refractivity contribution in [2.24, 2.45) is 5.92 Å². The number of aliphatic hydroxyl groups is 2. The van der Waals surface area contributed by atoms with Crippen LogP contribution in [0.4, 0.5) is 5.69 Å². The molecule has 1 heterocycles. The van der Waals surface area contributed by atoms with Crippen LogP contribution in [0.1, 0.15) is 12.8 Å². The molecular weight excluding hydrogens is 288 g/mol. The van der Waals surface area contributed by atoms with Gasteiger partial charge in [0, 0.05) is 25.8 Å². The van der Waals surface area contributed by atoms with Crippen molar-refractivity contribution in [2.45, 2.75) is 18.9 Å². The number of nitrogens with zero attached hydrogens (tertiary/aromatic N) is 2. The Labute approximate surface area is 129 Å². The lowest BCUT2D eigenvalue weighted by molar-refractivity contribution is -0.384. The summed E-state index contributed by atoms with van der Waals surface area (Å²) in [7, 11) is 0. The van der Waals surface area contributed by atoms with Crippen LogP contribution in [0.2, 0.25) is 0 Å². The highest BCUT2D eigenvalue weighted by molar-refractivity contribution is 5.37. The molecule has 1 aromatic rings. The number of aliphatic hydroxyl groups excluding tert-OH is 2. The van der Waals surface area contributed by atoms with E-state index < -0.39 is 11.0 Å². The normalized spacial score (nSPS) is 20.5. The lowest BCUT2D eigenvalue weighted by atomic mass is 9.99. The predicted octanol–water partition coefficient (Wildman–Crippen LogP) is 1.04. The first kappa shape index (κ1) is 16.7. The van der Waals surface area contributed by atoms with Gasteiger partial charge in [0.05, 0.1) is 11.0 Å². The quantitative estimate of drug-likeness (QED) is 0.577. The van der Waals surface area contributed by atoms with Gasteiger partial charge in [0.2, 0.25) is 0 Å². The molecule has 2 rings (SSSR count). The number of nitro benzene ring substituents is 1. The molecule has 1 fully saturated rings.